The van der Waals surface area contributed by atoms with Crippen molar-refractivity contribution in [2.24, 2.45) is 5.92 Å². The van der Waals surface area contributed by atoms with E-state index in [1.165, 1.54) is 12.8 Å². The molecule has 0 bridgehead atoms. The first kappa shape index (κ1) is 5.61. The summed E-state index contributed by atoms with van der Waals surface area (Å²) in [4.78, 5) is 0. The molecule has 1 aliphatic rings. The predicted octanol–water partition coefficient (Wildman–Crippen LogP) is 2.53. The molecule has 0 aromatic rings. The maximum absolute atomic E-state index is 2.25. The Morgan fingerprint density at radius 3 is 3.12 bits per heavy atom. The third-order valence-electron chi connectivity index (χ3n) is 1.48. The molecule has 0 saturated carbocycles. The van der Waals surface area contributed by atoms with Gasteiger partial charge in [-0.1, -0.05) is 31.2 Å². The molecule has 0 unspecified atom stereocenters. The van der Waals surface area contributed by atoms with Crippen LogP contribution in [0.25, 0.3) is 0 Å². The van der Waals surface area contributed by atoms with Crippen LogP contribution in [0, 0.1) is 5.92 Å². The first-order chi connectivity index (χ1) is 3.89. The largest absolute Gasteiger partial charge is 0.0845 e. The smallest absolute Gasteiger partial charge is 0.0256 e. The van der Waals surface area contributed by atoms with Crippen LogP contribution in [0.4, 0.5) is 0 Å². The van der Waals surface area contributed by atoms with Crippen molar-refractivity contribution in [3.05, 3.63) is 24.3 Å². The first-order valence-corrected chi connectivity index (χ1v) is 3.23. The quantitative estimate of drug-likeness (QED) is 0.447. The van der Waals surface area contributed by atoms with E-state index in [9.17, 15) is 0 Å². The van der Waals surface area contributed by atoms with Crippen molar-refractivity contribution >= 4 is 0 Å². The van der Waals surface area contributed by atoms with E-state index in [4.69, 9.17) is 0 Å². The highest BCUT2D eigenvalue weighted by molar-refractivity contribution is 5.06. The van der Waals surface area contributed by atoms with Crippen LogP contribution in [0.5, 0.6) is 0 Å². The average molecular weight is 108 g/mol. The van der Waals surface area contributed by atoms with Gasteiger partial charge in [0.25, 0.3) is 0 Å². The fourth-order valence-electron chi connectivity index (χ4n) is 0.884. The van der Waals surface area contributed by atoms with Crippen LogP contribution in [0.3, 0.4) is 0 Å². The van der Waals surface area contributed by atoms with Crippen molar-refractivity contribution in [1.82, 2.24) is 0 Å². The van der Waals surface area contributed by atoms with Gasteiger partial charge in [0.2, 0.25) is 0 Å². The summed E-state index contributed by atoms with van der Waals surface area (Å²) >= 11 is 0. The van der Waals surface area contributed by atoms with Crippen molar-refractivity contribution in [1.29, 1.82) is 0 Å². The van der Waals surface area contributed by atoms with Crippen LogP contribution in [0.2, 0.25) is 0 Å². The van der Waals surface area contributed by atoms with Gasteiger partial charge in [-0.15, -0.1) is 0 Å². The Morgan fingerprint density at radius 2 is 2.25 bits per heavy atom. The lowest BCUT2D eigenvalue weighted by Gasteiger charge is -1.98. The topological polar surface area (TPSA) is 0 Å². The van der Waals surface area contributed by atoms with Crippen LogP contribution in [0.1, 0.15) is 19.8 Å². The molecule has 0 N–H and O–H groups in total. The Labute approximate surface area is 50.9 Å². The van der Waals surface area contributed by atoms with Crippen molar-refractivity contribution in [2.45, 2.75) is 19.8 Å². The third kappa shape index (κ3) is 1.53. The van der Waals surface area contributed by atoms with Gasteiger partial charge in [0.15, 0.2) is 0 Å². The summed E-state index contributed by atoms with van der Waals surface area (Å²) in [6, 6.07) is 0. The zero-order valence-corrected chi connectivity index (χ0v) is 5.30. The lowest BCUT2D eigenvalue weighted by Crippen LogP contribution is -1.84. The molecule has 8 heavy (non-hydrogen) atoms. The highest BCUT2D eigenvalue weighted by Gasteiger charge is 1.94. The molecule has 0 aromatic heterocycles. The molecule has 1 atom stereocenters. The predicted molar refractivity (Wildman–Crippen MR) is 36.7 cm³/mol. The van der Waals surface area contributed by atoms with Gasteiger partial charge >= 0.3 is 0 Å². The van der Waals surface area contributed by atoms with Gasteiger partial charge in [-0.2, -0.15) is 0 Å². The van der Waals surface area contributed by atoms with Crippen LogP contribution in [-0.2, 0) is 0 Å². The van der Waals surface area contributed by atoms with Crippen LogP contribution >= 0.6 is 0 Å². The molecular weight excluding hydrogens is 96.1 g/mol. The van der Waals surface area contributed by atoms with Gasteiger partial charge < -0.3 is 0 Å². The van der Waals surface area contributed by atoms with Gasteiger partial charge in [-0.05, 0) is 18.8 Å². The van der Waals surface area contributed by atoms with Gasteiger partial charge in [0, 0.05) is 0 Å². The van der Waals surface area contributed by atoms with Crippen LogP contribution in [-0.4, -0.2) is 0 Å². The molecule has 0 amide bonds. The van der Waals surface area contributed by atoms with Crippen LogP contribution < -0.4 is 0 Å². The summed E-state index contributed by atoms with van der Waals surface area (Å²) in [6.45, 7) is 2.25. The summed E-state index contributed by atoms with van der Waals surface area (Å²) in [7, 11) is 0. The van der Waals surface area contributed by atoms with Crippen molar-refractivity contribution < 1.29 is 0 Å². The van der Waals surface area contributed by atoms with E-state index >= 15 is 0 Å². The first-order valence-electron chi connectivity index (χ1n) is 3.23. The molecule has 0 heteroatoms. The molecule has 0 aliphatic heterocycles. The summed E-state index contributed by atoms with van der Waals surface area (Å²) in [5, 5.41) is 0. The summed E-state index contributed by atoms with van der Waals surface area (Å²) in [6.07, 6.45) is 11.3. The van der Waals surface area contributed by atoms with E-state index in [-0.39, 0.29) is 0 Å². The molecule has 1 aliphatic carbocycles. The number of allylic oxidation sites excluding steroid dienone is 4. The second-order valence-electron chi connectivity index (χ2n) is 2.37. The Balaban J connectivity index is 2.46. The van der Waals surface area contributed by atoms with Crippen molar-refractivity contribution in [3.63, 3.8) is 0 Å². The van der Waals surface area contributed by atoms with Crippen LogP contribution in [0.15, 0.2) is 24.3 Å². The minimum absolute atomic E-state index is 0.782. The lowest BCUT2D eigenvalue weighted by atomic mass is 10.1. The average Bonchev–Trinajstić information content (AvgIpc) is 1.94. The number of hydrogen-bond donors (Lipinski definition) is 0. The molecule has 0 heterocycles. The van der Waals surface area contributed by atoms with Crippen molar-refractivity contribution in [3.8, 4) is 0 Å². The van der Waals surface area contributed by atoms with Gasteiger partial charge in [0.05, 0.1) is 0 Å². The van der Waals surface area contributed by atoms with E-state index < -0.39 is 0 Å². The van der Waals surface area contributed by atoms with E-state index in [1.807, 2.05) is 0 Å². The standard InChI is InChI=1S/C8H12/c1-8-6-4-2-3-5-7-8/h2-4,6,8H,5,7H2,1H3/t8-/m0/s1. The third-order valence-corrected chi connectivity index (χ3v) is 1.48. The Kier molecular flexibility index (Phi) is 1.90. The Morgan fingerprint density at radius 1 is 1.38 bits per heavy atom. The lowest BCUT2D eigenvalue weighted by molar-refractivity contribution is 0.662. The van der Waals surface area contributed by atoms with E-state index in [1.54, 1.807) is 0 Å². The number of rotatable bonds is 0. The fourth-order valence-corrected chi connectivity index (χ4v) is 0.884. The highest BCUT2D eigenvalue weighted by Crippen LogP contribution is 2.10. The second kappa shape index (κ2) is 2.71. The zero-order chi connectivity index (χ0) is 5.82. The second-order valence-corrected chi connectivity index (χ2v) is 2.37. The number of hydrogen-bond acceptors (Lipinski definition) is 0. The van der Waals surface area contributed by atoms with E-state index in [0.29, 0.717) is 0 Å². The maximum Gasteiger partial charge on any atom is -0.0256 e. The monoisotopic (exact) mass is 108 g/mol. The molecule has 0 nitrogen and oxygen atoms in total. The molecule has 0 aromatic carbocycles. The normalized spacial score (nSPS) is 27.9. The van der Waals surface area contributed by atoms with Crippen molar-refractivity contribution in [2.75, 3.05) is 0 Å². The SMILES string of the molecule is C[C@H]1C=CC=CCC1. The molecule has 0 saturated heterocycles. The molecule has 44 valence electrons. The molecular formula is C8H12. The molecule has 0 radical (unpaired) electrons. The summed E-state index contributed by atoms with van der Waals surface area (Å²) in [5.74, 6) is 0.782. The Bertz CT molecular complexity index is 109. The maximum atomic E-state index is 2.25. The zero-order valence-electron chi connectivity index (χ0n) is 5.30. The summed E-state index contributed by atoms with van der Waals surface area (Å²) < 4.78 is 0. The van der Waals surface area contributed by atoms with Gasteiger partial charge in [-0.25, -0.2) is 0 Å². The molecule has 0 fully saturated rings. The van der Waals surface area contributed by atoms with Gasteiger partial charge in [-0.3, -0.25) is 0 Å². The molecule has 1 rings (SSSR count). The summed E-state index contributed by atoms with van der Waals surface area (Å²) in [5.41, 5.74) is 0. The molecule has 0 spiro atoms. The van der Waals surface area contributed by atoms with Gasteiger partial charge in [0.1, 0.15) is 0 Å². The fraction of sp³-hybridized carbons (Fsp3) is 0.500. The minimum Gasteiger partial charge on any atom is -0.0845 e. The van der Waals surface area contributed by atoms with E-state index in [2.05, 4.69) is 31.2 Å². The Hall–Kier alpha value is -0.520. The highest BCUT2D eigenvalue weighted by atomic mass is 14.0. The minimum atomic E-state index is 0.782. The van der Waals surface area contributed by atoms with E-state index in [0.717, 1.165) is 5.92 Å².